The van der Waals surface area contributed by atoms with E-state index in [-0.39, 0.29) is 0 Å². The molecule has 1 fully saturated rings. The van der Waals surface area contributed by atoms with E-state index < -0.39 is 0 Å². The van der Waals surface area contributed by atoms with Crippen molar-refractivity contribution in [3.8, 4) is 0 Å². The molecule has 0 aromatic heterocycles. The van der Waals surface area contributed by atoms with Crippen LogP contribution in [0.1, 0.15) is 24.8 Å². The third-order valence-electron chi connectivity index (χ3n) is 3.47. The van der Waals surface area contributed by atoms with Gasteiger partial charge in [-0.25, -0.2) is 0 Å². The van der Waals surface area contributed by atoms with E-state index in [0.29, 0.717) is 12.1 Å². The summed E-state index contributed by atoms with van der Waals surface area (Å²) in [5.74, 6) is 0. The molecule has 0 amide bonds. The molecule has 0 spiro atoms. The van der Waals surface area contributed by atoms with E-state index in [1.165, 1.54) is 23.3 Å². The zero-order chi connectivity index (χ0) is 12.1. The molecule has 2 unspecified atom stereocenters. The van der Waals surface area contributed by atoms with Gasteiger partial charge >= 0.3 is 0 Å². The van der Waals surface area contributed by atoms with Crippen LogP contribution in [-0.4, -0.2) is 25.5 Å². The number of rotatable bonds is 5. The van der Waals surface area contributed by atoms with Crippen LogP contribution in [0.3, 0.4) is 0 Å². The molecule has 1 aliphatic rings. The van der Waals surface area contributed by atoms with Gasteiger partial charge in [0, 0.05) is 24.6 Å². The number of methoxy groups -OCH3 is 1. The van der Waals surface area contributed by atoms with Crippen molar-refractivity contribution >= 4 is 11.8 Å². The fraction of sp³-hybridized carbons (Fsp3) is 0.571. The number of benzene rings is 1. The smallest absolute Gasteiger partial charge is 0.0586 e. The molecule has 94 valence electrons. The van der Waals surface area contributed by atoms with Crippen LogP contribution in [0.2, 0.25) is 0 Å². The third kappa shape index (κ3) is 3.73. The average Bonchev–Trinajstić information content (AvgIpc) is 2.85. The summed E-state index contributed by atoms with van der Waals surface area (Å²) in [5.41, 5.74) is 1.36. The van der Waals surface area contributed by atoms with E-state index in [9.17, 15) is 0 Å². The zero-order valence-electron chi connectivity index (χ0n) is 10.6. The predicted molar refractivity (Wildman–Crippen MR) is 73.5 cm³/mol. The van der Waals surface area contributed by atoms with Gasteiger partial charge in [0.25, 0.3) is 0 Å². The second kappa shape index (κ2) is 6.43. The van der Waals surface area contributed by atoms with E-state index in [2.05, 4.69) is 35.8 Å². The van der Waals surface area contributed by atoms with Crippen molar-refractivity contribution in [1.29, 1.82) is 0 Å². The Morgan fingerprint density at radius 2 is 2.06 bits per heavy atom. The molecule has 1 N–H and O–H groups in total. The highest BCUT2D eigenvalue weighted by Gasteiger charge is 2.23. The van der Waals surface area contributed by atoms with Gasteiger partial charge in [0.2, 0.25) is 0 Å². The Bertz CT molecular complexity index is 339. The first-order valence-electron chi connectivity index (χ1n) is 6.21. The average molecular weight is 251 g/mol. The molecule has 2 atom stereocenters. The molecule has 1 aliphatic carbocycles. The highest BCUT2D eigenvalue weighted by Crippen LogP contribution is 2.22. The molecule has 0 radical (unpaired) electrons. The molecule has 0 aliphatic heterocycles. The summed E-state index contributed by atoms with van der Waals surface area (Å²) in [6, 6.07) is 9.42. The predicted octanol–water partition coefficient (Wildman–Crippen LogP) is 3.07. The van der Waals surface area contributed by atoms with Crippen LogP contribution in [0.4, 0.5) is 0 Å². The van der Waals surface area contributed by atoms with E-state index >= 15 is 0 Å². The molecule has 1 saturated carbocycles. The van der Waals surface area contributed by atoms with Gasteiger partial charge < -0.3 is 10.1 Å². The summed E-state index contributed by atoms with van der Waals surface area (Å²) in [6.45, 7) is 0.968. The number of hydrogen-bond acceptors (Lipinski definition) is 3. The Kier molecular flexibility index (Phi) is 4.89. The van der Waals surface area contributed by atoms with Crippen LogP contribution in [0.15, 0.2) is 29.2 Å². The number of nitrogens with one attached hydrogen (secondary N) is 1. The summed E-state index contributed by atoms with van der Waals surface area (Å²) in [4.78, 5) is 1.33. The molecule has 3 heteroatoms. The lowest BCUT2D eigenvalue weighted by Crippen LogP contribution is -2.26. The fourth-order valence-corrected chi connectivity index (χ4v) is 2.75. The monoisotopic (exact) mass is 251 g/mol. The third-order valence-corrected chi connectivity index (χ3v) is 4.22. The van der Waals surface area contributed by atoms with Crippen LogP contribution >= 0.6 is 11.8 Å². The topological polar surface area (TPSA) is 21.3 Å². The van der Waals surface area contributed by atoms with Crippen molar-refractivity contribution in [2.45, 2.75) is 42.8 Å². The van der Waals surface area contributed by atoms with Gasteiger partial charge in [0.1, 0.15) is 0 Å². The Hall–Kier alpha value is -0.510. The molecule has 17 heavy (non-hydrogen) atoms. The Balaban J connectivity index is 1.78. The molecule has 0 heterocycles. The van der Waals surface area contributed by atoms with Gasteiger partial charge in [-0.2, -0.15) is 0 Å². The van der Waals surface area contributed by atoms with Crippen LogP contribution < -0.4 is 5.32 Å². The lowest BCUT2D eigenvalue weighted by Gasteiger charge is -2.13. The normalized spacial score (nSPS) is 24.1. The van der Waals surface area contributed by atoms with Crippen LogP contribution in [-0.2, 0) is 11.3 Å². The van der Waals surface area contributed by atoms with E-state index in [4.69, 9.17) is 4.74 Å². The molecular weight excluding hydrogens is 230 g/mol. The summed E-state index contributed by atoms with van der Waals surface area (Å²) in [5, 5.41) is 3.61. The second-order valence-corrected chi connectivity index (χ2v) is 5.48. The van der Waals surface area contributed by atoms with Gasteiger partial charge in [0.05, 0.1) is 6.10 Å². The van der Waals surface area contributed by atoms with Crippen molar-refractivity contribution < 1.29 is 4.74 Å². The SMILES string of the molecule is COC1CCC(NCc2ccc(SC)cc2)C1. The summed E-state index contributed by atoms with van der Waals surface area (Å²) < 4.78 is 5.38. The standard InChI is InChI=1S/C14H21NOS/c1-16-13-6-5-12(9-13)15-10-11-3-7-14(17-2)8-4-11/h3-4,7-8,12-13,15H,5-6,9-10H2,1-2H3. The molecule has 2 rings (SSSR count). The molecule has 0 bridgehead atoms. The minimum atomic E-state index is 0.464. The van der Waals surface area contributed by atoms with Gasteiger partial charge in [0.15, 0.2) is 0 Å². The molecule has 2 nitrogen and oxygen atoms in total. The maximum Gasteiger partial charge on any atom is 0.0586 e. The maximum atomic E-state index is 5.38. The van der Waals surface area contributed by atoms with Crippen molar-refractivity contribution in [1.82, 2.24) is 5.32 Å². The van der Waals surface area contributed by atoms with Crippen LogP contribution in [0, 0.1) is 0 Å². The van der Waals surface area contributed by atoms with Crippen LogP contribution in [0.5, 0.6) is 0 Å². The summed E-state index contributed by atoms with van der Waals surface area (Å²) >= 11 is 1.79. The molecule has 0 saturated heterocycles. The molecular formula is C14H21NOS. The lowest BCUT2D eigenvalue weighted by atomic mass is 10.2. The minimum Gasteiger partial charge on any atom is -0.381 e. The van der Waals surface area contributed by atoms with Crippen LogP contribution in [0.25, 0.3) is 0 Å². The van der Waals surface area contributed by atoms with E-state index in [0.717, 1.165) is 13.0 Å². The first-order valence-corrected chi connectivity index (χ1v) is 7.43. The Morgan fingerprint density at radius 1 is 1.29 bits per heavy atom. The van der Waals surface area contributed by atoms with Crippen molar-refractivity contribution in [3.63, 3.8) is 0 Å². The molecule has 1 aromatic rings. The van der Waals surface area contributed by atoms with Gasteiger partial charge in [-0.05, 0) is 43.2 Å². The Labute approximate surface area is 108 Å². The summed E-state index contributed by atoms with van der Waals surface area (Å²) in [6.07, 6.45) is 6.16. The fourth-order valence-electron chi connectivity index (χ4n) is 2.35. The first-order chi connectivity index (χ1) is 8.31. The Morgan fingerprint density at radius 3 is 2.65 bits per heavy atom. The molecule has 1 aromatic carbocycles. The quantitative estimate of drug-likeness (QED) is 0.813. The second-order valence-electron chi connectivity index (χ2n) is 4.60. The minimum absolute atomic E-state index is 0.464. The van der Waals surface area contributed by atoms with Crippen molar-refractivity contribution in [2.24, 2.45) is 0 Å². The maximum absolute atomic E-state index is 5.38. The van der Waals surface area contributed by atoms with Gasteiger partial charge in [-0.1, -0.05) is 12.1 Å². The van der Waals surface area contributed by atoms with Gasteiger partial charge in [-0.15, -0.1) is 11.8 Å². The number of ether oxygens (including phenoxy) is 1. The van der Waals surface area contributed by atoms with Crippen molar-refractivity contribution in [3.05, 3.63) is 29.8 Å². The van der Waals surface area contributed by atoms with E-state index in [1.807, 2.05) is 7.11 Å². The first kappa shape index (κ1) is 12.9. The van der Waals surface area contributed by atoms with Gasteiger partial charge in [-0.3, -0.25) is 0 Å². The summed E-state index contributed by atoms with van der Waals surface area (Å²) in [7, 11) is 1.81. The van der Waals surface area contributed by atoms with Crippen molar-refractivity contribution in [2.75, 3.05) is 13.4 Å². The van der Waals surface area contributed by atoms with E-state index in [1.54, 1.807) is 11.8 Å². The zero-order valence-corrected chi connectivity index (χ0v) is 11.4. The highest BCUT2D eigenvalue weighted by molar-refractivity contribution is 7.98. The number of hydrogen-bond donors (Lipinski definition) is 1. The highest BCUT2D eigenvalue weighted by atomic mass is 32.2. The number of thioether (sulfide) groups is 1. The largest absolute Gasteiger partial charge is 0.381 e. The lowest BCUT2D eigenvalue weighted by molar-refractivity contribution is 0.107.